The van der Waals surface area contributed by atoms with E-state index in [0.29, 0.717) is 16.4 Å². The van der Waals surface area contributed by atoms with E-state index >= 15 is 0 Å². The van der Waals surface area contributed by atoms with E-state index in [2.05, 4.69) is 24.0 Å². The number of nitrogens with zero attached hydrogens (tertiary/aromatic N) is 2. The van der Waals surface area contributed by atoms with E-state index in [1.165, 1.54) is 0 Å². The highest BCUT2D eigenvalue weighted by Gasteiger charge is 2.07. The summed E-state index contributed by atoms with van der Waals surface area (Å²) in [4.78, 5) is 0. The Kier molecular flexibility index (Phi) is 3.94. The van der Waals surface area contributed by atoms with Crippen molar-refractivity contribution in [3.8, 4) is 0 Å². The van der Waals surface area contributed by atoms with Crippen LogP contribution in [0.2, 0.25) is 0 Å². The first kappa shape index (κ1) is 9.92. The smallest absolute Gasteiger partial charge is 0.276 e. The van der Waals surface area contributed by atoms with Crippen LogP contribution in [0.3, 0.4) is 0 Å². The summed E-state index contributed by atoms with van der Waals surface area (Å²) in [6, 6.07) is 0. The van der Waals surface area contributed by atoms with Crippen LogP contribution in [-0.4, -0.2) is 21.7 Å². The van der Waals surface area contributed by atoms with Crippen molar-refractivity contribution in [2.24, 2.45) is 0 Å². The van der Waals surface area contributed by atoms with E-state index in [4.69, 9.17) is 4.42 Å². The normalized spacial score (nSPS) is 11.0. The third-order valence-corrected chi connectivity index (χ3v) is 2.43. The van der Waals surface area contributed by atoms with Crippen LogP contribution in [0.1, 0.15) is 19.7 Å². The number of aromatic nitrogens is 2. The minimum absolute atomic E-state index is 0.493. The highest BCUT2D eigenvalue weighted by molar-refractivity contribution is 7.99. The maximum absolute atomic E-state index is 5.35. The topological polar surface area (TPSA) is 38.9 Å². The first-order chi connectivity index (χ1) is 5.72. The first-order valence-corrected chi connectivity index (χ1v) is 5.97. The van der Waals surface area contributed by atoms with Crippen LogP contribution < -0.4 is 0 Å². The van der Waals surface area contributed by atoms with Crippen LogP contribution in [-0.2, 0) is 5.75 Å². The Morgan fingerprint density at radius 3 is 2.75 bits per heavy atom. The summed E-state index contributed by atoms with van der Waals surface area (Å²) in [6.07, 6.45) is 2.01. The third-order valence-electron chi connectivity index (χ3n) is 1.05. The highest BCUT2D eigenvalue weighted by Crippen LogP contribution is 2.21. The Morgan fingerprint density at radius 1 is 1.42 bits per heavy atom. The molecule has 0 saturated heterocycles. The monoisotopic (exact) mass is 204 g/mol. The molecule has 1 aromatic heterocycles. The largest absolute Gasteiger partial charge is 0.415 e. The van der Waals surface area contributed by atoms with Crippen molar-refractivity contribution in [1.82, 2.24) is 10.2 Å². The second kappa shape index (κ2) is 4.77. The van der Waals surface area contributed by atoms with Crippen molar-refractivity contribution in [1.29, 1.82) is 0 Å². The van der Waals surface area contributed by atoms with Gasteiger partial charge in [0.25, 0.3) is 5.22 Å². The average molecular weight is 204 g/mol. The van der Waals surface area contributed by atoms with Gasteiger partial charge in [-0.05, 0) is 6.26 Å². The van der Waals surface area contributed by atoms with Crippen LogP contribution in [0.15, 0.2) is 9.64 Å². The van der Waals surface area contributed by atoms with Gasteiger partial charge in [0, 0.05) is 5.25 Å². The zero-order valence-corrected chi connectivity index (χ0v) is 9.04. The number of hydrogen-bond donors (Lipinski definition) is 0. The van der Waals surface area contributed by atoms with Crippen LogP contribution in [0.5, 0.6) is 0 Å². The van der Waals surface area contributed by atoms with Gasteiger partial charge in [-0.2, -0.15) is 11.8 Å². The first-order valence-electron chi connectivity index (χ1n) is 3.70. The molecule has 68 valence electrons. The number of thioether (sulfide) groups is 2. The van der Waals surface area contributed by atoms with Gasteiger partial charge in [-0.3, -0.25) is 0 Å². The average Bonchev–Trinajstić information content (AvgIpc) is 2.36. The summed E-state index contributed by atoms with van der Waals surface area (Å²) in [7, 11) is 0. The lowest BCUT2D eigenvalue weighted by Crippen LogP contribution is -1.84. The summed E-state index contributed by atoms with van der Waals surface area (Å²) in [6.45, 7) is 4.20. The maximum atomic E-state index is 5.35. The second-order valence-electron chi connectivity index (χ2n) is 2.56. The molecule has 0 fully saturated rings. The summed E-state index contributed by atoms with van der Waals surface area (Å²) in [5.74, 6) is 1.51. The fourth-order valence-electron chi connectivity index (χ4n) is 0.669. The highest BCUT2D eigenvalue weighted by atomic mass is 32.2. The third kappa shape index (κ3) is 3.06. The van der Waals surface area contributed by atoms with E-state index < -0.39 is 0 Å². The Labute approximate surface area is 80.7 Å². The molecule has 0 aliphatic heterocycles. The zero-order chi connectivity index (χ0) is 8.97. The molecule has 0 saturated carbocycles. The Bertz CT molecular complexity index is 237. The molecule has 0 unspecified atom stereocenters. The second-order valence-corrected chi connectivity index (χ2v) is 4.96. The lowest BCUT2D eigenvalue weighted by Gasteiger charge is -1.96. The maximum Gasteiger partial charge on any atom is 0.276 e. The summed E-state index contributed by atoms with van der Waals surface area (Å²) in [5.41, 5.74) is 0. The van der Waals surface area contributed by atoms with Gasteiger partial charge in [0.05, 0.1) is 5.75 Å². The molecular formula is C7H12N2OS2. The quantitative estimate of drug-likeness (QED) is 0.704. The summed E-state index contributed by atoms with van der Waals surface area (Å²) < 4.78 is 5.35. The summed E-state index contributed by atoms with van der Waals surface area (Å²) >= 11 is 3.28. The summed E-state index contributed by atoms with van der Waals surface area (Å²) in [5, 5.41) is 8.98. The van der Waals surface area contributed by atoms with Gasteiger partial charge >= 0.3 is 0 Å². The molecule has 1 rings (SSSR count). The van der Waals surface area contributed by atoms with E-state index in [1.54, 1.807) is 23.5 Å². The fraction of sp³-hybridized carbons (Fsp3) is 0.714. The molecule has 0 aromatic carbocycles. The molecule has 3 nitrogen and oxygen atoms in total. The predicted molar refractivity (Wildman–Crippen MR) is 52.5 cm³/mol. The van der Waals surface area contributed by atoms with Crippen molar-refractivity contribution < 1.29 is 4.42 Å². The number of hydrogen-bond acceptors (Lipinski definition) is 5. The van der Waals surface area contributed by atoms with E-state index in [0.717, 1.165) is 5.75 Å². The van der Waals surface area contributed by atoms with Crippen molar-refractivity contribution in [2.45, 2.75) is 30.1 Å². The molecule has 0 spiro atoms. The van der Waals surface area contributed by atoms with E-state index in [9.17, 15) is 0 Å². The molecule has 0 N–H and O–H groups in total. The van der Waals surface area contributed by atoms with Crippen molar-refractivity contribution in [3.63, 3.8) is 0 Å². The molecule has 1 heterocycles. The Balaban J connectivity index is 2.52. The number of rotatable bonds is 4. The van der Waals surface area contributed by atoms with E-state index in [-0.39, 0.29) is 0 Å². The fourth-order valence-corrected chi connectivity index (χ4v) is 1.67. The molecule has 1 aromatic rings. The molecule has 0 amide bonds. The Morgan fingerprint density at radius 2 is 2.17 bits per heavy atom. The zero-order valence-electron chi connectivity index (χ0n) is 7.40. The van der Waals surface area contributed by atoms with Crippen LogP contribution >= 0.6 is 23.5 Å². The van der Waals surface area contributed by atoms with Crippen LogP contribution in [0.25, 0.3) is 0 Å². The molecule has 0 aliphatic carbocycles. The van der Waals surface area contributed by atoms with Crippen molar-refractivity contribution in [3.05, 3.63) is 5.89 Å². The van der Waals surface area contributed by atoms with Crippen molar-refractivity contribution in [2.75, 3.05) is 6.26 Å². The minimum atomic E-state index is 0.493. The van der Waals surface area contributed by atoms with Crippen molar-refractivity contribution >= 4 is 23.5 Å². The molecule has 5 heteroatoms. The Hall–Kier alpha value is -0.160. The SMILES string of the molecule is CSCc1nnc(SC(C)C)o1. The standard InChI is InChI=1S/C7H12N2OS2/c1-5(2)12-7-9-8-6(10-7)4-11-3/h5H,4H2,1-3H3. The molecule has 0 bridgehead atoms. The van der Waals surface area contributed by atoms with Gasteiger partial charge in [-0.25, -0.2) is 0 Å². The molecule has 0 radical (unpaired) electrons. The van der Waals surface area contributed by atoms with E-state index in [1.807, 2.05) is 6.26 Å². The van der Waals surface area contributed by atoms with Gasteiger partial charge in [0.15, 0.2) is 0 Å². The minimum Gasteiger partial charge on any atom is -0.415 e. The van der Waals surface area contributed by atoms with Gasteiger partial charge in [-0.15, -0.1) is 10.2 Å². The molecular weight excluding hydrogens is 192 g/mol. The van der Waals surface area contributed by atoms with Gasteiger partial charge < -0.3 is 4.42 Å². The predicted octanol–water partition coefficient (Wildman–Crippen LogP) is 2.43. The van der Waals surface area contributed by atoms with Crippen LogP contribution in [0, 0.1) is 0 Å². The lowest BCUT2D eigenvalue weighted by molar-refractivity contribution is 0.426. The van der Waals surface area contributed by atoms with Gasteiger partial charge in [0.2, 0.25) is 5.89 Å². The van der Waals surface area contributed by atoms with Crippen LogP contribution in [0.4, 0.5) is 0 Å². The molecule has 0 atom stereocenters. The van der Waals surface area contributed by atoms with Gasteiger partial charge in [0.1, 0.15) is 0 Å². The van der Waals surface area contributed by atoms with Gasteiger partial charge in [-0.1, -0.05) is 25.6 Å². The lowest BCUT2D eigenvalue weighted by atomic mass is 10.6. The molecule has 12 heavy (non-hydrogen) atoms. The molecule has 0 aliphatic rings.